The molecule has 0 unspecified atom stereocenters. The van der Waals surface area contributed by atoms with Gasteiger partial charge in [0.15, 0.2) is 12.8 Å². The van der Waals surface area contributed by atoms with E-state index < -0.39 is 0 Å². The number of fused-ring (bicyclic) bond motifs is 1. The van der Waals surface area contributed by atoms with Crippen molar-refractivity contribution in [1.29, 1.82) is 0 Å². The molecule has 0 atom stereocenters. The third-order valence-electron chi connectivity index (χ3n) is 4.42. The maximum atomic E-state index is 13.8. The molecule has 0 saturated heterocycles. The lowest BCUT2D eigenvalue weighted by Gasteiger charge is -2.21. The fourth-order valence-corrected chi connectivity index (χ4v) is 3.08. The molecule has 1 aliphatic heterocycles. The van der Waals surface area contributed by atoms with Crippen LogP contribution in [-0.2, 0) is 24.3 Å². The van der Waals surface area contributed by atoms with E-state index in [0.29, 0.717) is 49.9 Å². The van der Waals surface area contributed by atoms with Gasteiger partial charge in [-0.3, -0.25) is 0 Å². The van der Waals surface area contributed by atoms with Crippen LogP contribution < -0.4 is 15.4 Å². The Morgan fingerprint density at radius 3 is 2.76 bits per heavy atom. The highest BCUT2D eigenvalue weighted by Gasteiger charge is 2.16. The molecule has 2 N–H and O–H groups in total. The minimum Gasteiger partial charge on any atom is -0.467 e. The summed E-state index contributed by atoms with van der Waals surface area (Å²) in [5, 5.41) is 6.43. The minimum absolute atomic E-state index is 0. The molecule has 2 aromatic rings. The smallest absolute Gasteiger partial charge is 0.191 e. The molecule has 29 heavy (non-hydrogen) atoms. The number of guanidine groups is 1. The highest BCUT2D eigenvalue weighted by atomic mass is 127. The maximum absolute atomic E-state index is 13.8. The van der Waals surface area contributed by atoms with Crippen molar-refractivity contribution in [2.75, 3.05) is 19.9 Å². The van der Waals surface area contributed by atoms with Crippen molar-refractivity contribution in [3.8, 4) is 5.75 Å². The van der Waals surface area contributed by atoms with Gasteiger partial charge in [0.05, 0.1) is 13.2 Å². The average molecular weight is 517 g/mol. The summed E-state index contributed by atoms with van der Waals surface area (Å²) in [6, 6.07) is 7.92. The van der Waals surface area contributed by atoms with Crippen molar-refractivity contribution < 1.29 is 18.3 Å². The molecule has 1 aliphatic rings. The summed E-state index contributed by atoms with van der Waals surface area (Å²) in [6.45, 7) is 5.97. The normalized spacial score (nSPS) is 13.2. The second-order valence-electron chi connectivity index (χ2n) is 6.62. The van der Waals surface area contributed by atoms with Crippen LogP contribution in [0, 0.1) is 18.6 Å². The Labute approximate surface area is 186 Å². The highest BCUT2D eigenvalue weighted by molar-refractivity contribution is 14.0. The first kappa shape index (κ1) is 23.3. The summed E-state index contributed by atoms with van der Waals surface area (Å²) >= 11 is 0. The Balaban J connectivity index is 0.00000300. The Morgan fingerprint density at radius 1 is 1.17 bits per heavy atom. The summed E-state index contributed by atoms with van der Waals surface area (Å²) in [7, 11) is 0. The van der Waals surface area contributed by atoms with E-state index in [1.54, 1.807) is 19.1 Å². The second-order valence-corrected chi connectivity index (χ2v) is 6.62. The highest BCUT2D eigenvalue weighted by Crippen LogP contribution is 2.29. The van der Waals surface area contributed by atoms with E-state index in [-0.39, 0.29) is 42.4 Å². The summed E-state index contributed by atoms with van der Waals surface area (Å²) < 4.78 is 38.0. The Morgan fingerprint density at radius 2 is 2.00 bits per heavy atom. The molecule has 5 nitrogen and oxygen atoms in total. The quantitative estimate of drug-likeness (QED) is 0.345. The zero-order valence-corrected chi connectivity index (χ0v) is 18.9. The zero-order valence-electron chi connectivity index (χ0n) is 16.6. The van der Waals surface area contributed by atoms with E-state index >= 15 is 0 Å². The van der Waals surface area contributed by atoms with Crippen LogP contribution in [-0.4, -0.2) is 25.8 Å². The number of aryl methyl sites for hydroxylation is 1. The Hall–Kier alpha value is -1.94. The van der Waals surface area contributed by atoms with Crippen LogP contribution in [0.25, 0.3) is 0 Å². The molecule has 2 aromatic carbocycles. The SMILES string of the molecule is CCNC(=NCc1ccc(F)c(C)c1)NCCc1cc(F)cc2c1OCOC2.I. The third kappa shape index (κ3) is 6.53. The number of rotatable bonds is 6. The third-order valence-corrected chi connectivity index (χ3v) is 4.42. The van der Waals surface area contributed by atoms with Gasteiger partial charge < -0.3 is 20.1 Å². The predicted molar refractivity (Wildman–Crippen MR) is 120 cm³/mol. The van der Waals surface area contributed by atoms with Crippen molar-refractivity contribution in [2.45, 2.75) is 33.4 Å². The van der Waals surface area contributed by atoms with Gasteiger partial charge >= 0.3 is 0 Å². The van der Waals surface area contributed by atoms with Crippen LogP contribution in [0.5, 0.6) is 5.75 Å². The average Bonchev–Trinajstić information content (AvgIpc) is 2.68. The van der Waals surface area contributed by atoms with Gasteiger partial charge in [-0.25, -0.2) is 13.8 Å². The van der Waals surface area contributed by atoms with E-state index in [1.807, 2.05) is 6.92 Å². The molecular formula is C21H26F2IN3O2. The van der Waals surface area contributed by atoms with Gasteiger partial charge in [-0.2, -0.15) is 0 Å². The largest absolute Gasteiger partial charge is 0.467 e. The zero-order chi connectivity index (χ0) is 19.9. The molecule has 0 aliphatic carbocycles. The van der Waals surface area contributed by atoms with Gasteiger partial charge in [0.1, 0.15) is 17.4 Å². The molecule has 0 bridgehead atoms. The standard InChI is InChI=1S/C21H25F2N3O2.HI/c1-3-24-21(26-11-15-4-5-19(23)14(2)8-15)25-7-6-16-9-18(22)10-17-12-27-13-28-20(16)17;/h4-5,8-10H,3,6-7,11-13H2,1-2H3,(H2,24,25,26);1H. The summed E-state index contributed by atoms with van der Waals surface area (Å²) in [6.07, 6.45) is 0.583. The Kier molecular flexibility index (Phi) is 9.09. The summed E-state index contributed by atoms with van der Waals surface area (Å²) in [4.78, 5) is 4.54. The molecular weight excluding hydrogens is 491 g/mol. The minimum atomic E-state index is -0.296. The predicted octanol–water partition coefficient (Wildman–Crippen LogP) is 4.06. The van der Waals surface area contributed by atoms with Crippen molar-refractivity contribution in [2.24, 2.45) is 4.99 Å². The number of aliphatic imine (C=N–C) groups is 1. The molecule has 0 saturated carbocycles. The summed E-state index contributed by atoms with van der Waals surface area (Å²) in [5.74, 6) is 0.844. The fourth-order valence-electron chi connectivity index (χ4n) is 3.08. The van der Waals surface area contributed by atoms with Gasteiger partial charge in [0, 0.05) is 18.7 Å². The molecule has 158 valence electrons. The molecule has 0 spiro atoms. The van der Waals surface area contributed by atoms with Crippen molar-refractivity contribution in [3.05, 3.63) is 64.2 Å². The molecule has 0 amide bonds. The monoisotopic (exact) mass is 517 g/mol. The first-order valence-corrected chi connectivity index (χ1v) is 9.36. The lowest BCUT2D eigenvalue weighted by molar-refractivity contribution is -0.0172. The second kappa shape index (κ2) is 11.3. The van der Waals surface area contributed by atoms with Crippen LogP contribution in [0.2, 0.25) is 0 Å². The van der Waals surface area contributed by atoms with Crippen LogP contribution in [0.4, 0.5) is 8.78 Å². The van der Waals surface area contributed by atoms with E-state index in [4.69, 9.17) is 9.47 Å². The molecule has 1 heterocycles. The van der Waals surface area contributed by atoms with Crippen molar-refractivity contribution >= 4 is 29.9 Å². The number of halogens is 3. The van der Waals surface area contributed by atoms with Gasteiger partial charge in [-0.15, -0.1) is 24.0 Å². The Bertz CT molecular complexity index is 862. The van der Waals surface area contributed by atoms with Crippen LogP contribution in [0.1, 0.15) is 29.2 Å². The van der Waals surface area contributed by atoms with Gasteiger partial charge in [-0.05, 0) is 55.2 Å². The van der Waals surface area contributed by atoms with Gasteiger partial charge in [0.25, 0.3) is 0 Å². The molecule has 0 fully saturated rings. The number of hydrogen-bond acceptors (Lipinski definition) is 3. The van der Waals surface area contributed by atoms with E-state index in [1.165, 1.54) is 18.2 Å². The molecule has 3 rings (SSSR count). The molecule has 0 aromatic heterocycles. The molecule has 0 radical (unpaired) electrons. The fraction of sp³-hybridized carbons (Fsp3) is 0.381. The van der Waals surface area contributed by atoms with Crippen molar-refractivity contribution in [3.63, 3.8) is 0 Å². The van der Waals surface area contributed by atoms with Crippen molar-refractivity contribution in [1.82, 2.24) is 10.6 Å². The lowest BCUT2D eigenvalue weighted by atomic mass is 10.1. The van der Waals surface area contributed by atoms with Crippen LogP contribution in [0.15, 0.2) is 35.3 Å². The molecule has 8 heteroatoms. The topological polar surface area (TPSA) is 54.9 Å². The number of nitrogens with zero attached hydrogens (tertiary/aromatic N) is 1. The summed E-state index contributed by atoms with van der Waals surface area (Å²) in [5.41, 5.74) is 3.07. The van der Waals surface area contributed by atoms with E-state index in [2.05, 4.69) is 15.6 Å². The lowest BCUT2D eigenvalue weighted by Crippen LogP contribution is -2.38. The number of hydrogen-bond donors (Lipinski definition) is 2. The number of benzene rings is 2. The number of nitrogens with one attached hydrogen (secondary N) is 2. The van der Waals surface area contributed by atoms with Crippen LogP contribution >= 0.6 is 24.0 Å². The number of ether oxygens (including phenoxy) is 2. The van der Waals surface area contributed by atoms with Crippen LogP contribution in [0.3, 0.4) is 0 Å². The maximum Gasteiger partial charge on any atom is 0.191 e. The van der Waals surface area contributed by atoms with Gasteiger partial charge in [-0.1, -0.05) is 12.1 Å². The van der Waals surface area contributed by atoms with E-state index in [9.17, 15) is 8.78 Å². The first-order chi connectivity index (χ1) is 13.6. The van der Waals surface area contributed by atoms with E-state index in [0.717, 1.165) is 16.7 Å². The first-order valence-electron chi connectivity index (χ1n) is 9.36. The van der Waals surface area contributed by atoms with Gasteiger partial charge in [0.2, 0.25) is 0 Å².